The quantitative estimate of drug-likeness (QED) is 0.679. The summed E-state index contributed by atoms with van der Waals surface area (Å²) in [5.74, 6) is 0.143. The summed E-state index contributed by atoms with van der Waals surface area (Å²) in [6, 6.07) is 5.41. The molecular formula is C13H19BrO4S2. The molecule has 1 aromatic carbocycles. The Morgan fingerprint density at radius 3 is 1.95 bits per heavy atom. The van der Waals surface area contributed by atoms with E-state index in [9.17, 15) is 16.8 Å². The zero-order chi connectivity index (χ0) is 15.4. The van der Waals surface area contributed by atoms with Gasteiger partial charge in [-0.3, -0.25) is 0 Å². The maximum absolute atomic E-state index is 12.3. The molecule has 0 fully saturated rings. The van der Waals surface area contributed by atoms with Crippen molar-refractivity contribution in [3.63, 3.8) is 0 Å². The Morgan fingerprint density at radius 2 is 1.55 bits per heavy atom. The number of rotatable bonds is 7. The van der Waals surface area contributed by atoms with E-state index in [0.29, 0.717) is 5.33 Å². The molecule has 1 atom stereocenters. The maximum Gasteiger partial charge on any atom is 0.178 e. The highest BCUT2D eigenvalue weighted by Gasteiger charge is 2.20. The van der Waals surface area contributed by atoms with Gasteiger partial charge in [0.1, 0.15) is 0 Å². The Kier molecular flexibility index (Phi) is 6.22. The highest BCUT2D eigenvalue weighted by molar-refractivity contribution is 9.09. The van der Waals surface area contributed by atoms with Crippen LogP contribution in [-0.2, 0) is 19.7 Å². The Morgan fingerprint density at radius 1 is 1.05 bits per heavy atom. The van der Waals surface area contributed by atoms with Crippen molar-refractivity contribution in [3.8, 4) is 0 Å². The molecule has 0 aromatic heterocycles. The fourth-order valence-corrected chi connectivity index (χ4v) is 5.05. The van der Waals surface area contributed by atoms with Crippen molar-refractivity contribution in [2.75, 3.05) is 17.3 Å². The van der Waals surface area contributed by atoms with Gasteiger partial charge in [-0.2, -0.15) is 0 Å². The summed E-state index contributed by atoms with van der Waals surface area (Å²) in [7, 11) is -6.68. The summed E-state index contributed by atoms with van der Waals surface area (Å²) in [4.78, 5) is 0.300. The smallest absolute Gasteiger partial charge is 0.178 e. The fraction of sp³-hybridized carbons (Fsp3) is 0.538. The van der Waals surface area contributed by atoms with Gasteiger partial charge in [0, 0.05) is 11.6 Å². The van der Waals surface area contributed by atoms with E-state index in [-0.39, 0.29) is 21.5 Å². The number of halogens is 1. The molecular weight excluding hydrogens is 364 g/mol. The first-order valence-electron chi connectivity index (χ1n) is 6.29. The molecule has 4 nitrogen and oxygen atoms in total. The maximum atomic E-state index is 12.3. The van der Waals surface area contributed by atoms with Crippen molar-refractivity contribution in [3.05, 3.63) is 24.3 Å². The Bertz CT molecular complexity index is 633. The number of hydrogen-bond acceptors (Lipinski definition) is 4. The molecule has 1 unspecified atom stereocenters. The fourth-order valence-electron chi connectivity index (χ4n) is 1.91. The second-order valence-electron chi connectivity index (χ2n) is 4.83. The first kappa shape index (κ1) is 17.7. The SMILES string of the molecule is CCCC(CBr)CS(=O)(=O)c1ccc(S(C)(=O)=O)cc1. The van der Waals surface area contributed by atoms with Crippen LogP contribution in [0.25, 0.3) is 0 Å². The summed E-state index contributed by atoms with van der Waals surface area (Å²) in [6.45, 7) is 2.02. The highest BCUT2D eigenvalue weighted by Crippen LogP contribution is 2.20. The van der Waals surface area contributed by atoms with E-state index >= 15 is 0 Å². The van der Waals surface area contributed by atoms with Crippen LogP contribution in [0.5, 0.6) is 0 Å². The van der Waals surface area contributed by atoms with E-state index < -0.39 is 19.7 Å². The molecule has 0 N–H and O–H groups in total. The molecule has 0 spiro atoms. The van der Waals surface area contributed by atoms with Crippen molar-refractivity contribution < 1.29 is 16.8 Å². The summed E-state index contributed by atoms with van der Waals surface area (Å²) in [5.41, 5.74) is 0. The topological polar surface area (TPSA) is 68.3 Å². The third-order valence-corrected chi connectivity index (χ3v) is 6.93. The van der Waals surface area contributed by atoms with E-state index in [4.69, 9.17) is 0 Å². The lowest BCUT2D eigenvalue weighted by atomic mass is 10.1. The lowest BCUT2D eigenvalue weighted by molar-refractivity contribution is 0.551. The number of sulfone groups is 2. The van der Waals surface area contributed by atoms with Crippen molar-refractivity contribution in [2.24, 2.45) is 5.92 Å². The third-order valence-electron chi connectivity index (χ3n) is 2.98. The number of hydrogen-bond donors (Lipinski definition) is 0. The third kappa shape index (κ3) is 4.86. The summed E-state index contributed by atoms with van der Waals surface area (Å²) < 4.78 is 47.2. The van der Waals surface area contributed by atoms with Gasteiger partial charge in [-0.1, -0.05) is 29.3 Å². The van der Waals surface area contributed by atoms with Crippen molar-refractivity contribution >= 4 is 35.6 Å². The average molecular weight is 383 g/mol. The van der Waals surface area contributed by atoms with E-state index in [1.807, 2.05) is 6.92 Å². The molecule has 20 heavy (non-hydrogen) atoms. The zero-order valence-electron chi connectivity index (χ0n) is 11.5. The van der Waals surface area contributed by atoms with Gasteiger partial charge in [-0.05, 0) is 36.6 Å². The van der Waals surface area contributed by atoms with Crippen molar-refractivity contribution in [1.29, 1.82) is 0 Å². The minimum Gasteiger partial charge on any atom is -0.224 e. The van der Waals surface area contributed by atoms with Crippen molar-refractivity contribution in [2.45, 2.75) is 29.6 Å². The van der Waals surface area contributed by atoms with Gasteiger partial charge >= 0.3 is 0 Å². The van der Waals surface area contributed by atoms with Crippen LogP contribution in [-0.4, -0.2) is 34.2 Å². The summed E-state index contributed by atoms with van der Waals surface area (Å²) in [6.07, 6.45) is 2.86. The van der Waals surface area contributed by atoms with E-state index in [1.165, 1.54) is 24.3 Å². The second-order valence-corrected chi connectivity index (χ2v) is 9.53. The normalized spacial score (nSPS) is 14.2. The molecule has 114 valence electrons. The van der Waals surface area contributed by atoms with Crippen LogP contribution in [0.4, 0.5) is 0 Å². The molecule has 0 aliphatic heterocycles. The molecule has 1 rings (SSSR count). The van der Waals surface area contributed by atoms with Gasteiger partial charge < -0.3 is 0 Å². The minimum absolute atomic E-state index is 0.0691. The largest absolute Gasteiger partial charge is 0.224 e. The van der Waals surface area contributed by atoms with Crippen LogP contribution in [0.3, 0.4) is 0 Å². The minimum atomic E-state index is -3.38. The van der Waals surface area contributed by atoms with Crippen LogP contribution in [0.2, 0.25) is 0 Å². The summed E-state index contributed by atoms with van der Waals surface area (Å²) in [5, 5.41) is 0.640. The van der Waals surface area contributed by atoms with Gasteiger partial charge in [0.15, 0.2) is 19.7 Å². The number of alkyl halides is 1. The average Bonchev–Trinajstić information content (AvgIpc) is 2.37. The lowest BCUT2D eigenvalue weighted by Crippen LogP contribution is -2.17. The molecule has 0 heterocycles. The monoisotopic (exact) mass is 382 g/mol. The molecule has 0 radical (unpaired) electrons. The standard InChI is InChI=1S/C13H19BrO4S2/c1-3-4-11(9-14)10-20(17,18)13-7-5-12(6-8-13)19(2,15)16/h5-8,11H,3-4,9-10H2,1-2H3. The van der Waals surface area contributed by atoms with E-state index in [2.05, 4.69) is 15.9 Å². The molecule has 7 heteroatoms. The number of benzene rings is 1. The summed E-state index contributed by atoms with van der Waals surface area (Å²) >= 11 is 3.34. The van der Waals surface area contributed by atoms with Gasteiger partial charge in [-0.15, -0.1) is 0 Å². The second kappa shape index (κ2) is 7.04. The van der Waals surface area contributed by atoms with Crippen LogP contribution in [0, 0.1) is 5.92 Å². The molecule has 0 amide bonds. The molecule has 0 aliphatic rings. The molecule has 0 aliphatic carbocycles. The molecule has 0 saturated heterocycles. The first-order chi connectivity index (χ1) is 9.20. The van der Waals surface area contributed by atoms with Crippen LogP contribution in [0.1, 0.15) is 19.8 Å². The Balaban J connectivity index is 2.99. The molecule has 1 aromatic rings. The molecule has 0 bridgehead atoms. The molecule has 0 saturated carbocycles. The zero-order valence-corrected chi connectivity index (χ0v) is 14.8. The van der Waals surface area contributed by atoms with Gasteiger partial charge in [0.05, 0.1) is 15.5 Å². The predicted molar refractivity (Wildman–Crippen MR) is 83.8 cm³/mol. The van der Waals surface area contributed by atoms with Gasteiger partial charge in [-0.25, -0.2) is 16.8 Å². The van der Waals surface area contributed by atoms with Gasteiger partial charge in [0.2, 0.25) is 0 Å². The Hall–Kier alpha value is -0.400. The van der Waals surface area contributed by atoms with Crippen LogP contribution in [0.15, 0.2) is 34.1 Å². The van der Waals surface area contributed by atoms with E-state index in [0.717, 1.165) is 19.1 Å². The Labute approximate surface area is 129 Å². The van der Waals surface area contributed by atoms with Gasteiger partial charge in [0.25, 0.3) is 0 Å². The van der Waals surface area contributed by atoms with Crippen molar-refractivity contribution in [1.82, 2.24) is 0 Å². The first-order valence-corrected chi connectivity index (χ1v) is 11.0. The predicted octanol–water partition coefficient (Wildman–Crippen LogP) is 2.68. The van der Waals surface area contributed by atoms with E-state index in [1.54, 1.807) is 0 Å². The highest BCUT2D eigenvalue weighted by atomic mass is 79.9. The van der Waals surface area contributed by atoms with Crippen LogP contribution < -0.4 is 0 Å². The lowest BCUT2D eigenvalue weighted by Gasteiger charge is -2.13. The van der Waals surface area contributed by atoms with Crippen LogP contribution >= 0.6 is 15.9 Å².